The summed E-state index contributed by atoms with van der Waals surface area (Å²) in [6, 6.07) is 0. The van der Waals surface area contributed by atoms with Gasteiger partial charge in [-0.15, -0.1) is 0 Å². The lowest BCUT2D eigenvalue weighted by Crippen LogP contribution is -2.27. The van der Waals surface area contributed by atoms with Crippen molar-refractivity contribution in [2.75, 3.05) is 27.2 Å². The van der Waals surface area contributed by atoms with Gasteiger partial charge in [-0.1, -0.05) is 13.3 Å². The van der Waals surface area contributed by atoms with Crippen molar-refractivity contribution >= 4 is 15.9 Å². The predicted octanol–water partition coefficient (Wildman–Crippen LogP) is 2.45. The molecule has 1 aromatic rings. The molecule has 116 valence electrons. The van der Waals surface area contributed by atoms with Crippen molar-refractivity contribution in [1.82, 2.24) is 14.7 Å². The summed E-state index contributed by atoms with van der Waals surface area (Å²) < 4.78 is 8.38. The van der Waals surface area contributed by atoms with E-state index >= 15 is 0 Å². The van der Waals surface area contributed by atoms with Crippen LogP contribution in [0.25, 0.3) is 0 Å². The van der Waals surface area contributed by atoms with Gasteiger partial charge in [0.2, 0.25) is 0 Å². The van der Waals surface area contributed by atoms with Crippen molar-refractivity contribution in [2.24, 2.45) is 0 Å². The molecule has 0 amide bonds. The fraction of sp³-hybridized carbons (Fsp3) is 0.786. The molecular formula is C14H26BrN3O2. The maximum absolute atomic E-state index is 10.6. The Morgan fingerprint density at radius 3 is 2.70 bits per heavy atom. The minimum Gasteiger partial charge on any atom is -0.384 e. The summed E-state index contributed by atoms with van der Waals surface area (Å²) in [4.78, 5) is 2.10. The SMILES string of the molecule is CCCC(OCC)C(O)c1c(Br)cnn1CCN(C)C. The molecule has 0 radical (unpaired) electrons. The number of halogens is 1. The normalized spacial score (nSPS) is 14.8. The molecule has 0 aliphatic heterocycles. The molecule has 0 bridgehead atoms. The number of hydrogen-bond acceptors (Lipinski definition) is 4. The molecule has 1 rings (SSSR count). The first kappa shape index (κ1) is 17.6. The molecule has 0 aliphatic rings. The zero-order valence-electron chi connectivity index (χ0n) is 12.8. The van der Waals surface area contributed by atoms with E-state index in [9.17, 15) is 5.11 Å². The highest BCUT2D eigenvalue weighted by molar-refractivity contribution is 9.10. The molecule has 0 saturated heterocycles. The lowest BCUT2D eigenvalue weighted by atomic mass is 10.1. The predicted molar refractivity (Wildman–Crippen MR) is 83.8 cm³/mol. The second-order valence-corrected chi connectivity index (χ2v) is 5.99. The van der Waals surface area contributed by atoms with Crippen LogP contribution < -0.4 is 0 Å². The summed E-state index contributed by atoms with van der Waals surface area (Å²) in [7, 11) is 4.05. The van der Waals surface area contributed by atoms with E-state index in [1.807, 2.05) is 25.7 Å². The Morgan fingerprint density at radius 2 is 2.15 bits per heavy atom. The summed E-state index contributed by atoms with van der Waals surface area (Å²) in [5.41, 5.74) is 0.804. The standard InChI is InChI=1S/C14H26BrN3O2/c1-5-7-12(20-6-2)14(19)13-11(15)10-16-18(13)9-8-17(3)4/h10,12,14,19H,5-9H2,1-4H3. The third-order valence-corrected chi connectivity index (χ3v) is 3.79. The van der Waals surface area contributed by atoms with Gasteiger partial charge < -0.3 is 14.7 Å². The Kier molecular flexibility index (Phi) is 7.72. The Bertz CT molecular complexity index is 390. The molecule has 20 heavy (non-hydrogen) atoms. The van der Waals surface area contributed by atoms with E-state index in [1.54, 1.807) is 6.20 Å². The van der Waals surface area contributed by atoms with Gasteiger partial charge in [-0.3, -0.25) is 4.68 Å². The molecule has 0 aliphatic carbocycles. The van der Waals surface area contributed by atoms with E-state index in [0.29, 0.717) is 6.61 Å². The highest BCUT2D eigenvalue weighted by Crippen LogP contribution is 2.28. The Labute approximate surface area is 130 Å². The van der Waals surface area contributed by atoms with E-state index in [1.165, 1.54) is 0 Å². The molecule has 0 saturated carbocycles. The van der Waals surface area contributed by atoms with Crippen molar-refractivity contribution in [3.63, 3.8) is 0 Å². The van der Waals surface area contributed by atoms with Gasteiger partial charge in [0, 0.05) is 13.2 Å². The summed E-state index contributed by atoms with van der Waals surface area (Å²) in [6.45, 7) is 6.27. The maximum atomic E-state index is 10.6. The topological polar surface area (TPSA) is 50.5 Å². The van der Waals surface area contributed by atoms with Crippen molar-refractivity contribution in [1.29, 1.82) is 0 Å². The average Bonchev–Trinajstić information content (AvgIpc) is 2.76. The van der Waals surface area contributed by atoms with Gasteiger partial charge in [0.15, 0.2) is 0 Å². The van der Waals surface area contributed by atoms with Crippen LogP contribution >= 0.6 is 15.9 Å². The monoisotopic (exact) mass is 347 g/mol. The number of aromatic nitrogens is 2. The van der Waals surface area contributed by atoms with Crippen molar-refractivity contribution in [3.8, 4) is 0 Å². The van der Waals surface area contributed by atoms with Crippen LogP contribution in [0.4, 0.5) is 0 Å². The third-order valence-electron chi connectivity index (χ3n) is 3.18. The van der Waals surface area contributed by atoms with Gasteiger partial charge in [-0.2, -0.15) is 5.10 Å². The lowest BCUT2D eigenvalue weighted by molar-refractivity contribution is -0.0423. The molecule has 1 N–H and O–H groups in total. The smallest absolute Gasteiger partial charge is 0.123 e. The fourth-order valence-electron chi connectivity index (χ4n) is 2.15. The lowest BCUT2D eigenvalue weighted by Gasteiger charge is -2.24. The first-order valence-corrected chi connectivity index (χ1v) is 7.96. The van der Waals surface area contributed by atoms with E-state index < -0.39 is 6.10 Å². The molecule has 6 heteroatoms. The molecule has 5 nitrogen and oxygen atoms in total. The van der Waals surface area contributed by atoms with Crippen LogP contribution in [0.3, 0.4) is 0 Å². The Hall–Kier alpha value is -0.430. The largest absolute Gasteiger partial charge is 0.384 e. The maximum Gasteiger partial charge on any atom is 0.123 e. The summed E-state index contributed by atoms with van der Waals surface area (Å²) >= 11 is 3.48. The van der Waals surface area contributed by atoms with Gasteiger partial charge >= 0.3 is 0 Å². The molecule has 1 heterocycles. The van der Waals surface area contributed by atoms with Crippen molar-refractivity contribution < 1.29 is 9.84 Å². The molecule has 0 fully saturated rings. The highest BCUT2D eigenvalue weighted by atomic mass is 79.9. The molecular weight excluding hydrogens is 322 g/mol. The number of aliphatic hydroxyl groups excluding tert-OH is 1. The molecule has 0 aromatic carbocycles. The highest BCUT2D eigenvalue weighted by Gasteiger charge is 2.26. The first-order valence-electron chi connectivity index (χ1n) is 7.16. The number of rotatable bonds is 9. The second kappa shape index (κ2) is 8.77. The van der Waals surface area contributed by atoms with Crippen LogP contribution in [-0.2, 0) is 11.3 Å². The van der Waals surface area contributed by atoms with Gasteiger partial charge in [0.1, 0.15) is 6.10 Å². The molecule has 0 spiro atoms. The second-order valence-electron chi connectivity index (χ2n) is 5.13. The number of ether oxygens (including phenoxy) is 1. The van der Waals surface area contributed by atoms with Gasteiger partial charge in [-0.05, 0) is 43.4 Å². The molecule has 2 unspecified atom stereocenters. The number of likely N-dealkylation sites (N-methyl/N-ethyl adjacent to an activating group) is 1. The zero-order chi connectivity index (χ0) is 15.1. The van der Waals surface area contributed by atoms with Crippen LogP contribution in [0.15, 0.2) is 10.7 Å². The third kappa shape index (κ3) is 4.84. The van der Waals surface area contributed by atoms with E-state index in [4.69, 9.17) is 4.74 Å². The van der Waals surface area contributed by atoms with Crippen LogP contribution in [0.5, 0.6) is 0 Å². The van der Waals surface area contributed by atoms with E-state index in [2.05, 4.69) is 32.9 Å². The van der Waals surface area contributed by atoms with Gasteiger partial charge in [0.25, 0.3) is 0 Å². The van der Waals surface area contributed by atoms with Crippen molar-refractivity contribution in [2.45, 2.75) is 45.4 Å². The Morgan fingerprint density at radius 1 is 1.45 bits per heavy atom. The minimum absolute atomic E-state index is 0.184. The molecule has 2 atom stereocenters. The van der Waals surface area contributed by atoms with E-state index in [0.717, 1.165) is 36.1 Å². The van der Waals surface area contributed by atoms with Crippen LogP contribution in [0.2, 0.25) is 0 Å². The number of nitrogens with zero attached hydrogens (tertiary/aromatic N) is 3. The van der Waals surface area contributed by atoms with Crippen LogP contribution in [-0.4, -0.2) is 53.1 Å². The van der Waals surface area contributed by atoms with Gasteiger partial charge in [0.05, 0.1) is 29.0 Å². The first-order chi connectivity index (χ1) is 9.51. The van der Waals surface area contributed by atoms with Crippen LogP contribution in [0, 0.1) is 0 Å². The number of aliphatic hydroxyl groups is 1. The fourth-order valence-corrected chi connectivity index (χ4v) is 2.68. The van der Waals surface area contributed by atoms with Crippen molar-refractivity contribution in [3.05, 3.63) is 16.4 Å². The molecule has 1 aromatic heterocycles. The Balaban J connectivity index is 2.88. The number of hydrogen-bond donors (Lipinski definition) is 1. The van der Waals surface area contributed by atoms with Crippen LogP contribution in [0.1, 0.15) is 38.5 Å². The zero-order valence-corrected chi connectivity index (χ0v) is 14.4. The summed E-state index contributed by atoms with van der Waals surface area (Å²) in [5.74, 6) is 0. The quantitative estimate of drug-likeness (QED) is 0.745. The average molecular weight is 348 g/mol. The summed E-state index contributed by atoms with van der Waals surface area (Å²) in [5, 5.41) is 15.0. The summed E-state index contributed by atoms with van der Waals surface area (Å²) in [6.07, 6.45) is 2.71. The minimum atomic E-state index is -0.658. The van der Waals surface area contributed by atoms with Gasteiger partial charge in [-0.25, -0.2) is 0 Å². The van der Waals surface area contributed by atoms with E-state index in [-0.39, 0.29) is 6.10 Å².